The molecule has 0 unspecified atom stereocenters. The zero-order valence-electron chi connectivity index (χ0n) is 12.6. The molecule has 2 rings (SSSR count). The highest BCUT2D eigenvalue weighted by molar-refractivity contribution is 6.76. The van der Waals surface area contributed by atoms with Crippen LogP contribution in [0, 0.1) is 11.6 Å². The second kappa shape index (κ2) is 6.49. The van der Waals surface area contributed by atoms with Gasteiger partial charge in [-0.1, -0.05) is 25.7 Å². The van der Waals surface area contributed by atoms with Crippen molar-refractivity contribution in [2.45, 2.75) is 32.4 Å². The number of hydrogen-bond donors (Lipinski definition) is 0. The van der Waals surface area contributed by atoms with E-state index < -0.39 is 19.7 Å². The summed E-state index contributed by atoms with van der Waals surface area (Å²) in [5.74, 6) is -1.20. The predicted octanol–water partition coefficient (Wildman–Crippen LogP) is 4.14. The van der Waals surface area contributed by atoms with Gasteiger partial charge in [0, 0.05) is 20.9 Å². The molecule has 1 aromatic carbocycles. The summed E-state index contributed by atoms with van der Waals surface area (Å²) < 4.78 is 34.7. The first kappa shape index (κ1) is 15.8. The van der Waals surface area contributed by atoms with Gasteiger partial charge in [-0.3, -0.25) is 0 Å². The molecule has 0 N–H and O–H groups in total. The second-order valence-corrected chi connectivity index (χ2v) is 11.8. The first-order chi connectivity index (χ1) is 9.88. The molecule has 0 radical (unpaired) electrons. The molecule has 0 spiro atoms. The number of halogens is 2. The van der Waals surface area contributed by atoms with Gasteiger partial charge in [0.25, 0.3) is 0 Å². The summed E-state index contributed by atoms with van der Waals surface area (Å²) in [6.07, 6.45) is 1.52. The third-order valence-electron chi connectivity index (χ3n) is 3.15. The number of hydrogen-bond acceptors (Lipinski definition) is 2. The molecule has 0 bridgehead atoms. The molecule has 0 saturated heterocycles. The molecule has 0 aliphatic carbocycles. The standard InChI is InChI=1S/C15H20F2N2OSi/c1-21(2,3)10-9-20-11-19-14(7-8-18-19)15-12(16)5-4-6-13(15)17/h4-8H,9-11H2,1-3H3. The van der Waals surface area contributed by atoms with Crippen molar-refractivity contribution in [3.05, 3.63) is 42.1 Å². The van der Waals surface area contributed by atoms with Crippen molar-refractivity contribution in [2.75, 3.05) is 6.61 Å². The molecular formula is C15H20F2N2OSi. The van der Waals surface area contributed by atoms with Crippen LogP contribution in [0.5, 0.6) is 0 Å². The van der Waals surface area contributed by atoms with Crippen molar-refractivity contribution in [1.82, 2.24) is 9.78 Å². The zero-order valence-corrected chi connectivity index (χ0v) is 13.6. The predicted molar refractivity (Wildman–Crippen MR) is 81.7 cm³/mol. The third-order valence-corrected chi connectivity index (χ3v) is 4.85. The van der Waals surface area contributed by atoms with Crippen LogP contribution >= 0.6 is 0 Å². The highest BCUT2D eigenvalue weighted by Gasteiger charge is 2.16. The lowest BCUT2D eigenvalue weighted by atomic mass is 10.1. The first-order valence-electron chi connectivity index (χ1n) is 6.92. The van der Waals surface area contributed by atoms with Gasteiger partial charge in [0.05, 0.1) is 11.3 Å². The third kappa shape index (κ3) is 4.22. The van der Waals surface area contributed by atoms with Crippen LogP contribution in [-0.4, -0.2) is 24.5 Å². The van der Waals surface area contributed by atoms with Gasteiger partial charge in [0.2, 0.25) is 0 Å². The van der Waals surface area contributed by atoms with Gasteiger partial charge in [0.1, 0.15) is 18.4 Å². The molecule has 1 aromatic heterocycles. The number of nitrogens with zero attached hydrogens (tertiary/aromatic N) is 2. The van der Waals surface area contributed by atoms with E-state index in [9.17, 15) is 8.78 Å². The van der Waals surface area contributed by atoms with Crippen LogP contribution in [0.25, 0.3) is 11.3 Å². The Labute approximate surface area is 124 Å². The van der Waals surface area contributed by atoms with Crippen LogP contribution in [0.1, 0.15) is 0 Å². The van der Waals surface area contributed by atoms with E-state index in [1.165, 1.54) is 29.1 Å². The summed E-state index contributed by atoms with van der Waals surface area (Å²) in [4.78, 5) is 0. The Kier molecular flexibility index (Phi) is 4.90. The maximum atomic E-state index is 13.8. The van der Waals surface area contributed by atoms with Crippen LogP contribution in [0.15, 0.2) is 30.5 Å². The summed E-state index contributed by atoms with van der Waals surface area (Å²) in [5, 5.41) is 4.08. The van der Waals surface area contributed by atoms with Gasteiger partial charge in [-0.2, -0.15) is 5.10 Å². The van der Waals surface area contributed by atoms with E-state index in [-0.39, 0.29) is 12.3 Å². The Balaban J connectivity index is 2.09. The normalized spacial score (nSPS) is 11.9. The molecule has 0 atom stereocenters. The van der Waals surface area contributed by atoms with Crippen LogP contribution in [-0.2, 0) is 11.5 Å². The molecule has 0 amide bonds. The second-order valence-electron chi connectivity index (χ2n) is 6.16. The lowest BCUT2D eigenvalue weighted by molar-refractivity contribution is 0.0797. The van der Waals surface area contributed by atoms with E-state index in [1.54, 1.807) is 6.07 Å². The molecule has 0 saturated carbocycles. The van der Waals surface area contributed by atoms with Crippen LogP contribution in [0.3, 0.4) is 0 Å². The number of rotatable bonds is 6. The quantitative estimate of drug-likeness (QED) is 0.592. The van der Waals surface area contributed by atoms with E-state index in [2.05, 4.69) is 24.7 Å². The van der Waals surface area contributed by atoms with Crippen molar-refractivity contribution in [3.63, 3.8) is 0 Å². The van der Waals surface area contributed by atoms with E-state index in [1.807, 2.05) is 0 Å². The Morgan fingerprint density at radius 1 is 1.14 bits per heavy atom. The first-order valence-corrected chi connectivity index (χ1v) is 10.6. The minimum absolute atomic E-state index is 0.0659. The van der Waals surface area contributed by atoms with Crippen molar-refractivity contribution >= 4 is 8.07 Å². The van der Waals surface area contributed by atoms with Gasteiger partial charge in [-0.15, -0.1) is 0 Å². The molecule has 6 heteroatoms. The van der Waals surface area contributed by atoms with Crippen LogP contribution in [0.2, 0.25) is 25.7 Å². The van der Waals surface area contributed by atoms with Gasteiger partial charge in [-0.05, 0) is 24.2 Å². The lowest BCUT2D eigenvalue weighted by Crippen LogP contribution is -2.22. The smallest absolute Gasteiger partial charge is 0.139 e. The van der Waals surface area contributed by atoms with E-state index >= 15 is 0 Å². The number of aromatic nitrogens is 2. The Morgan fingerprint density at radius 3 is 2.43 bits per heavy atom. The van der Waals surface area contributed by atoms with E-state index in [4.69, 9.17) is 4.74 Å². The van der Waals surface area contributed by atoms with E-state index in [0.717, 1.165) is 6.04 Å². The minimum Gasteiger partial charge on any atom is -0.360 e. The summed E-state index contributed by atoms with van der Waals surface area (Å²) in [6.45, 7) is 7.63. The van der Waals surface area contributed by atoms with Crippen molar-refractivity contribution in [1.29, 1.82) is 0 Å². The molecule has 1 heterocycles. The lowest BCUT2D eigenvalue weighted by Gasteiger charge is -2.16. The fraction of sp³-hybridized carbons (Fsp3) is 0.400. The molecule has 3 nitrogen and oxygen atoms in total. The van der Waals surface area contributed by atoms with Gasteiger partial charge >= 0.3 is 0 Å². The maximum absolute atomic E-state index is 13.8. The monoisotopic (exact) mass is 310 g/mol. The maximum Gasteiger partial charge on any atom is 0.139 e. The number of ether oxygens (including phenoxy) is 1. The molecule has 114 valence electrons. The van der Waals surface area contributed by atoms with Crippen LogP contribution in [0.4, 0.5) is 8.78 Å². The van der Waals surface area contributed by atoms with Gasteiger partial charge < -0.3 is 4.74 Å². The Hall–Kier alpha value is -1.53. The van der Waals surface area contributed by atoms with Crippen LogP contribution < -0.4 is 0 Å². The van der Waals surface area contributed by atoms with Gasteiger partial charge in [-0.25, -0.2) is 13.5 Å². The summed E-state index contributed by atoms with van der Waals surface area (Å²) in [5.41, 5.74) is 0.322. The average molecular weight is 310 g/mol. The van der Waals surface area contributed by atoms with Crippen molar-refractivity contribution in [2.24, 2.45) is 0 Å². The van der Waals surface area contributed by atoms with E-state index in [0.29, 0.717) is 12.3 Å². The molecule has 21 heavy (non-hydrogen) atoms. The Bertz CT molecular complexity index is 588. The number of benzene rings is 1. The fourth-order valence-corrected chi connectivity index (χ4v) is 2.68. The SMILES string of the molecule is C[Si](C)(C)CCOCn1nccc1-c1c(F)cccc1F. The average Bonchev–Trinajstić information content (AvgIpc) is 2.82. The highest BCUT2D eigenvalue weighted by atomic mass is 28.3. The van der Waals surface area contributed by atoms with Crippen molar-refractivity contribution in [3.8, 4) is 11.3 Å². The summed E-state index contributed by atoms with van der Waals surface area (Å²) in [7, 11) is -1.15. The minimum atomic E-state index is -1.15. The fourth-order valence-electron chi connectivity index (χ4n) is 1.92. The summed E-state index contributed by atoms with van der Waals surface area (Å²) >= 11 is 0. The van der Waals surface area contributed by atoms with Gasteiger partial charge in [0.15, 0.2) is 0 Å². The van der Waals surface area contributed by atoms with Crippen molar-refractivity contribution < 1.29 is 13.5 Å². The molecule has 0 aliphatic rings. The zero-order chi connectivity index (χ0) is 15.5. The molecule has 2 aromatic rings. The molecule has 0 aliphatic heterocycles. The Morgan fingerprint density at radius 2 is 1.81 bits per heavy atom. The summed E-state index contributed by atoms with van der Waals surface area (Å²) in [6, 6.07) is 6.45. The topological polar surface area (TPSA) is 27.1 Å². The molecule has 0 fully saturated rings. The molecular weight excluding hydrogens is 290 g/mol. The largest absolute Gasteiger partial charge is 0.360 e. The highest BCUT2D eigenvalue weighted by Crippen LogP contribution is 2.25.